The van der Waals surface area contributed by atoms with Gasteiger partial charge in [0, 0.05) is 22.7 Å². The molecular formula is C21H15BrF3N3OS. The number of carbonyl (C=O) groups is 1. The van der Waals surface area contributed by atoms with Crippen molar-refractivity contribution in [3.8, 4) is 17.3 Å². The molecule has 4 nitrogen and oxygen atoms in total. The minimum Gasteiger partial charge on any atom is -0.274 e. The number of hydrogen-bond acceptors (Lipinski definition) is 4. The van der Waals surface area contributed by atoms with E-state index in [9.17, 15) is 18.0 Å². The second-order valence-electron chi connectivity index (χ2n) is 6.28. The molecule has 9 heteroatoms. The molecule has 3 aromatic rings. The monoisotopic (exact) mass is 493 g/mol. The summed E-state index contributed by atoms with van der Waals surface area (Å²) in [5.74, 6) is -0.347. The lowest BCUT2D eigenvalue weighted by Crippen LogP contribution is -2.26. The molecule has 0 bridgehead atoms. The van der Waals surface area contributed by atoms with Crippen LogP contribution in [-0.2, 0) is 11.0 Å². The number of aromatic nitrogens is 1. The Labute approximate surface area is 183 Å². The molecule has 0 unspecified atom stereocenters. The van der Waals surface area contributed by atoms with E-state index in [1.807, 2.05) is 0 Å². The van der Waals surface area contributed by atoms with Gasteiger partial charge in [0.2, 0.25) is 5.91 Å². The third kappa shape index (κ3) is 5.07. The first-order valence-electron chi connectivity index (χ1n) is 8.85. The number of thiazole rings is 1. The highest BCUT2D eigenvalue weighted by Gasteiger charge is 2.32. The maximum absolute atomic E-state index is 13.2. The van der Waals surface area contributed by atoms with Gasteiger partial charge in [-0.15, -0.1) is 11.3 Å². The van der Waals surface area contributed by atoms with Crippen LogP contribution in [-0.4, -0.2) is 16.2 Å². The molecule has 0 spiro atoms. The SMILES string of the molecule is N#Cc1cccc(-c2csc(N(C(=O)CCCBr)c3cccc(C(F)(F)F)c3)n2)c1. The van der Waals surface area contributed by atoms with Crippen LogP contribution in [0.1, 0.15) is 24.0 Å². The van der Waals surface area contributed by atoms with E-state index in [-0.39, 0.29) is 23.1 Å². The van der Waals surface area contributed by atoms with Crippen LogP contribution < -0.4 is 4.90 Å². The van der Waals surface area contributed by atoms with Gasteiger partial charge in [0.15, 0.2) is 5.13 Å². The summed E-state index contributed by atoms with van der Waals surface area (Å²) in [6.45, 7) is 0. The van der Waals surface area contributed by atoms with Crippen LogP contribution in [0.25, 0.3) is 11.3 Å². The molecular weight excluding hydrogens is 479 g/mol. The summed E-state index contributed by atoms with van der Waals surface area (Å²) < 4.78 is 39.6. The van der Waals surface area contributed by atoms with Crippen LogP contribution in [0.4, 0.5) is 24.0 Å². The van der Waals surface area contributed by atoms with E-state index in [1.165, 1.54) is 17.0 Å². The Morgan fingerprint density at radius 3 is 2.67 bits per heavy atom. The number of benzene rings is 2. The van der Waals surface area contributed by atoms with Gasteiger partial charge in [0.25, 0.3) is 0 Å². The van der Waals surface area contributed by atoms with Crippen LogP contribution in [0.3, 0.4) is 0 Å². The summed E-state index contributed by atoms with van der Waals surface area (Å²) in [7, 11) is 0. The van der Waals surface area contributed by atoms with Crippen LogP contribution in [0.2, 0.25) is 0 Å². The van der Waals surface area contributed by atoms with E-state index in [4.69, 9.17) is 5.26 Å². The van der Waals surface area contributed by atoms with Crippen LogP contribution >= 0.6 is 27.3 Å². The predicted octanol–water partition coefficient (Wildman–Crippen LogP) is 6.54. The number of halogens is 4. The molecule has 0 aliphatic carbocycles. The first-order valence-corrected chi connectivity index (χ1v) is 10.9. The molecule has 1 heterocycles. The molecule has 0 radical (unpaired) electrons. The quantitative estimate of drug-likeness (QED) is 0.366. The molecule has 1 aromatic heterocycles. The lowest BCUT2D eigenvalue weighted by atomic mass is 10.1. The number of hydrogen-bond donors (Lipinski definition) is 0. The number of nitrogens with zero attached hydrogens (tertiary/aromatic N) is 3. The van der Waals surface area contributed by atoms with E-state index in [2.05, 4.69) is 27.0 Å². The third-order valence-corrected chi connectivity index (χ3v) is 5.56. The summed E-state index contributed by atoms with van der Waals surface area (Å²) in [5.41, 5.74) is 0.962. The zero-order chi connectivity index (χ0) is 21.7. The second kappa shape index (κ2) is 9.41. The van der Waals surface area contributed by atoms with Crippen molar-refractivity contribution < 1.29 is 18.0 Å². The molecule has 0 fully saturated rings. The molecule has 30 heavy (non-hydrogen) atoms. The average Bonchev–Trinajstić information content (AvgIpc) is 3.21. The predicted molar refractivity (Wildman–Crippen MR) is 114 cm³/mol. The molecule has 2 aromatic carbocycles. The van der Waals surface area contributed by atoms with Crippen molar-refractivity contribution in [2.75, 3.05) is 10.2 Å². The smallest absolute Gasteiger partial charge is 0.274 e. The van der Waals surface area contributed by atoms with Crippen LogP contribution in [0.15, 0.2) is 53.9 Å². The minimum atomic E-state index is -4.52. The average molecular weight is 494 g/mol. The van der Waals surface area contributed by atoms with E-state index < -0.39 is 11.7 Å². The molecule has 0 aliphatic rings. The van der Waals surface area contributed by atoms with Gasteiger partial charge in [-0.25, -0.2) is 4.98 Å². The van der Waals surface area contributed by atoms with Crippen molar-refractivity contribution in [1.29, 1.82) is 5.26 Å². The zero-order valence-electron chi connectivity index (χ0n) is 15.5. The first-order chi connectivity index (χ1) is 14.3. The van der Waals surface area contributed by atoms with E-state index >= 15 is 0 Å². The van der Waals surface area contributed by atoms with Gasteiger partial charge in [-0.05, 0) is 36.8 Å². The number of anilines is 2. The highest BCUT2D eigenvalue weighted by Crippen LogP contribution is 2.36. The molecule has 0 atom stereocenters. The van der Waals surface area contributed by atoms with E-state index in [1.54, 1.807) is 29.6 Å². The number of amides is 1. The highest BCUT2D eigenvalue weighted by atomic mass is 79.9. The van der Waals surface area contributed by atoms with Crippen LogP contribution in [0.5, 0.6) is 0 Å². The largest absolute Gasteiger partial charge is 0.416 e. The highest BCUT2D eigenvalue weighted by molar-refractivity contribution is 9.09. The number of carbonyl (C=O) groups excluding carboxylic acids is 1. The normalized spacial score (nSPS) is 11.2. The Hall–Kier alpha value is -2.70. The van der Waals surface area contributed by atoms with Crippen molar-refractivity contribution in [2.45, 2.75) is 19.0 Å². The number of alkyl halides is 4. The van der Waals surface area contributed by atoms with Gasteiger partial charge < -0.3 is 0 Å². The van der Waals surface area contributed by atoms with Gasteiger partial charge in [0.1, 0.15) is 0 Å². The first kappa shape index (κ1) is 22.0. The summed E-state index contributed by atoms with van der Waals surface area (Å²) in [5, 5.41) is 11.7. The zero-order valence-corrected chi connectivity index (χ0v) is 17.9. The van der Waals surface area contributed by atoms with Gasteiger partial charge in [0.05, 0.1) is 28.6 Å². The minimum absolute atomic E-state index is 0.107. The molecule has 0 aliphatic heterocycles. The van der Waals surface area contributed by atoms with Crippen molar-refractivity contribution in [3.05, 3.63) is 65.0 Å². The van der Waals surface area contributed by atoms with Gasteiger partial charge in [-0.1, -0.05) is 34.1 Å². The maximum Gasteiger partial charge on any atom is 0.416 e. The van der Waals surface area contributed by atoms with Crippen LogP contribution in [0, 0.1) is 11.3 Å². The maximum atomic E-state index is 13.2. The third-order valence-electron chi connectivity index (χ3n) is 4.18. The standard InChI is InChI=1S/C21H15BrF3N3OS/c22-9-3-8-19(29)28(17-7-2-6-16(11-17)21(23,24)25)20-27-18(13-30-20)15-5-1-4-14(10-15)12-26/h1-2,4-7,10-11,13H,3,8-9H2. The molecule has 154 valence electrons. The van der Waals surface area contributed by atoms with Crippen molar-refractivity contribution in [2.24, 2.45) is 0 Å². The molecule has 0 saturated heterocycles. The van der Waals surface area contributed by atoms with Crippen molar-refractivity contribution in [3.63, 3.8) is 0 Å². The molecule has 0 N–H and O–H groups in total. The Bertz CT molecular complexity index is 1090. The molecule has 3 rings (SSSR count). The van der Waals surface area contributed by atoms with Gasteiger partial charge in [-0.2, -0.15) is 18.4 Å². The molecule has 1 amide bonds. The molecule has 0 saturated carbocycles. The Balaban J connectivity index is 2.03. The number of nitriles is 1. The summed E-state index contributed by atoms with van der Waals surface area (Å²) >= 11 is 4.42. The van der Waals surface area contributed by atoms with Crippen molar-refractivity contribution >= 4 is 44.0 Å². The van der Waals surface area contributed by atoms with E-state index in [0.717, 1.165) is 23.5 Å². The fourth-order valence-corrected chi connectivity index (χ4v) is 3.91. The van der Waals surface area contributed by atoms with E-state index in [0.29, 0.717) is 28.6 Å². The Kier molecular flexibility index (Phi) is 6.90. The fraction of sp³-hybridized carbons (Fsp3) is 0.190. The summed E-state index contributed by atoms with van der Waals surface area (Å²) in [6, 6.07) is 13.5. The summed E-state index contributed by atoms with van der Waals surface area (Å²) in [4.78, 5) is 18.6. The summed E-state index contributed by atoms with van der Waals surface area (Å²) in [6.07, 6.45) is -3.83. The topological polar surface area (TPSA) is 57.0 Å². The lowest BCUT2D eigenvalue weighted by molar-refractivity contribution is -0.137. The van der Waals surface area contributed by atoms with Crippen molar-refractivity contribution in [1.82, 2.24) is 4.98 Å². The second-order valence-corrected chi connectivity index (χ2v) is 7.91. The van der Waals surface area contributed by atoms with Gasteiger partial charge >= 0.3 is 6.18 Å². The Morgan fingerprint density at radius 2 is 1.97 bits per heavy atom. The van der Waals surface area contributed by atoms with Gasteiger partial charge in [-0.3, -0.25) is 9.69 Å². The Morgan fingerprint density at radius 1 is 1.20 bits per heavy atom. The lowest BCUT2D eigenvalue weighted by Gasteiger charge is -2.21. The number of rotatable bonds is 6. The fourth-order valence-electron chi connectivity index (χ4n) is 2.76.